The summed E-state index contributed by atoms with van der Waals surface area (Å²) in [6.07, 6.45) is 3.40. The lowest BCUT2D eigenvalue weighted by atomic mass is 10.2. The lowest BCUT2D eigenvalue weighted by Gasteiger charge is -2.03. The number of fused-ring (bicyclic) bond motifs is 1. The topological polar surface area (TPSA) is 72.4 Å². The van der Waals surface area contributed by atoms with Crippen molar-refractivity contribution in [3.8, 4) is 11.3 Å². The van der Waals surface area contributed by atoms with Gasteiger partial charge in [-0.1, -0.05) is 29.8 Å². The molecule has 0 spiro atoms. The smallest absolute Gasteiger partial charge is 0.287 e. The molecule has 4 aromatic rings. The molecule has 3 aromatic heterocycles. The third kappa shape index (κ3) is 3.71. The van der Waals surface area contributed by atoms with Crippen LogP contribution in [0, 0.1) is 0 Å². The molecule has 0 fully saturated rings. The maximum atomic E-state index is 12.3. The van der Waals surface area contributed by atoms with Crippen molar-refractivity contribution >= 4 is 23.2 Å². The number of aromatic nitrogens is 3. The van der Waals surface area contributed by atoms with Crippen LogP contribution < -0.4 is 5.32 Å². The van der Waals surface area contributed by atoms with Crippen LogP contribution in [0.2, 0.25) is 5.02 Å². The minimum absolute atomic E-state index is 0.251. The van der Waals surface area contributed by atoms with Gasteiger partial charge in [0.1, 0.15) is 11.6 Å². The maximum Gasteiger partial charge on any atom is 0.287 e. The quantitative estimate of drug-likeness (QED) is 0.513. The Morgan fingerprint density at radius 1 is 1.07 bits per heavy atom. The average molecular weight is 381 g/mol. The van der Waals surface area contributed by atoms with Crippen molar-refractivity contribution in [2.75, 3.05) is 6.54 Å². The summed E-state index contributed by atoms with van der Waals surface area (Å²) in [6, 6.07) is 16.5. The van der Waals surface area contributed by atoms with Crippen molar-refractivity contribution in [2.24, 2.45) is 0 Å². The second-order valence-electron chi connectivity index (χ2n) is 6.05. The van der Waals surface area contributed by atoms with Crippen LogP contribution in [0.15, 0.2) is 65.2 Å². The number of pyridine rings is 1. The first kappa shape index (κ1) is 17.3. The first-order chi connectivity index (χ1) is 13.2. The number of nitrogens with one attached hydrogen (secondary N) is 1. The Morgan fingerprint density at radius 3 is 2.81 bits per heavy atom. The van der Waals surface area contributed by atoms with Gasteiger partial charge in [0, 0.05) is 24.7 Å². The zero-order chi connectivity index (χ0) is 18.6. The Labute approximate surface area is 160 Å². The molecule has 136 valence electrons. The van der Waals surface area contributed by atoms with Gasteiger partial charge in [-0.05, 0) is 42.8 Å². The van der Waals surface area contributed by atoms with Gasteiger partial charge in [-0.25, -0.2) is 0 Å². The van der Waals surface area contributed by atoms with Gasteiger partial charge in [0.2, 0.25) is 0 Å². The second-order valence-corrected chi connectivity index (χ2v) is 6.46. The molecule has 6 nitrogen and oxygen atoms in total. The van der Waals surface area contributed by atoms with Crippen LogP contribution in [-0.4, -0.2) is 27.0 Å². The first-order valence-corrected chi connectivity index (χ1v) is 9.02. The highest BCUT2D eigenvalue weighted by molar-refractivity contribution is 6.33. The van der Waals surface area contributed by atoms with Gasteiger partial charge >= 0.3 is 0 Å². The number of hydrogen-bond acceptors (Lipinski definition) is 4. The number of benzene rings is 1. The van der Waals surface area contributed by atoms with Gasteiger partial charge in [-0.15, -0.1) is 10.2 Å². The van der Waals surface area contributed by atoms with E-state index in [0.29, 0.717) is 23.7 Å². The Kier molecular flexibility index (Phi) is 4.89. The molecule has 0 aliphatic carbocycles. The molecule has 1 aromatic carbocycles. The van der Waals surface area contributed by atoms with Crippen molar-refractivity contribution in [1.29, 1.82) is 0 Å². The summed E-state index contributed by atoms with van der Waals surface area (Å²) < 4.78 is 7.60. The number of halogens is 1. The standard InChI is InChI=1S/C20H17ClN4O2/c21-15-7-2-1-6-14(15)16-10-11-17(27-16)20(26)22-12-5-9-19-24-23-18-8-3-4-13-25(18)19/h1-4,6-8,10-11,13H,5,9,12H2,(H,22,26). The lowest BCUT2D eigenvalue weighted by molar-refractivity contribution is 0.0926. The molecule has 0 bridgehead atoms. The van der Waals surface area contributed by atoms with Crippen molar-refractivity contribution < 1.29 is 9.21 Å². The first-order valence-electron chi connectivity index (χ1n) is 8.64. The van der Waals surface area contributed by atoms with Gasteiger partial charge in [0.25, 0.3) is 5.91 Å². The maximum absolute atomic E-state index is 12.3. The van der Waals surface area contributed by atoms with Crippen LogP contribution >= 0.6 is 11.6 Å². The molecule has 4 rings (SSSR count). The molecular formula is C20H17ClN4O2. The Morgan fingerprint density at radius 2 is 1.93 bits per heavy atom. The van der Waals surface area contributed by atoms with Gasteiger partial charge in [0.05, 0.1) is 5.02 Å². The highest BCUT2D eigenvalue weighted by Crippen LogP contribution is 2.28. The number of furan rings is 1. The zero-order valence-electron chi connectivity index (χ0n) is 14.4. The number of nitrogens with zero attached hydrogens (tertiary/aromatic N) is 3. The van der Waals surface area contributed by atoms with Gasteiger partial charge < -0.3 is 9.73 Å². The molecule has 1 amide bonds. The fourth-order valence-corrected chi connectivity index (χ4v) is 3.09. The molecule has 3 heterocycles. The van der Waals surface area contributed by atoms with Crippen molar-refractivity contribution in [3.05, 3.63) is 77.4 Å². The van der Waals surface area contributed by atoms with Crippen LogP contribution in [0.3, 0.4) is 0 Å². The highest BCUT2D eigenvalue weighted by Gasteiger charge is 2.13. The zero-order valence-corrected chi connectivity index (χ0v) is 15.2. The van der Waals surface area contributed by atoms with Crippen molar-refractivity contribution in [3.63, 3.8) is 0 Å². The lowest BCUT2D eigenvalue weighted by Crippen LogP contribution is -2.24. The van der Waals surface area contributed by atoms with E-state index in [4.69, 9.17) is 16.0 Å². The van der Waals surface area contributed by atoms with E-state index >= 15 is 0 Å². The van der Waals surface area contributed by atoms with Gasteiger partial charge in [-0.2, -0.15) is 0 Å². The average Bonchev–Trinajstić information content (AvgIpc) is 3.33. The summed E-state index contributed by atoms with van der Waals surface area (Å²) in [5, 5.41) is 11.8. The van der Waals surface area contributed by atoms with E-state index in [0.717, 1.165) is 23.5 Å². The molecule has 0 saturated carbocycles. The minimum atomic E-state index is -0.251. The van der Waals surface area contributed by atoms with E-state index in [1.807, 2.05) is 47.0 Å². The Bertz CT molecular complexity index is 1090. The summed E-state index contributed by atoms with van der Waals surface area (Å²) in [7, 11) is 0. The van der Waals surface area contributed by atoms with E-state index in [9.17, 15) is 4.79 Å². The Balaban J connectivity index is 1.33. The van der Waals surface area contributed by atoms with Crippen LogP contribution in [0.4, 0.5) is 0 Å². The molecule has 1 N–H and O–H groups in total. The van der Waals surface area contributed by atoms with Crippen molar-refractivity contribution in [1.82, 2.24) is 19.9 Å². The van der Waals surface area contributed by atoms with Crippen LogP contribution in [0.25, 0.3) is 17.0 Å². The number of carbonyl (C=O) groups excluding carboxylic acids is 1. The number of rotatable bonds is 6. The summed E-state index contributed by atoms with van der Waals surface area (Å²) in [4.78, 5) is 12.3. The molecule has 27 heavy (non-hydrogen) atoms. The Hall–Kier alpha value is -3.12. The van der Waals surface area contributed by atoms with Crippen LogP contribution in [0.1, 0.15) is 22.8 Å². The third-order valence-electron chi connectivity index (χ3n) is 4.22. The third-order valence-corrected chi connectivity index (χ3v) is 4.55. The molecular weight excluding hydrogens is 364 g/mol. The van der Waals surface area contributed by atoms with E-state index in [2.05, 4.69) is 15.5 Å². The monoisotopic (exact) mass is 380 g/mol. The molecule has 0 atom stereocenters. The minimum Gasteiger partial charge on any atom is -0.451 e. The second kappa shape index (κ2) is 7.63. The summed E-state index contributed by atoms with van der Waals surface area (Å²) >= 11 is 6.17. The molecule has 0 radical (unpaired) electrons. The van der Waals surface area contributed by atoms with E-state index in [1.54, 1.807) is 18.2 Å². The van der Waals surface area contributed by atoms with E-state index < -0.39 is 0 Å². The fraction of sp³-hybridized carbons (Fsp3) is 0.150. The normalized spacial score (nSPS) is 11.0. The highest BCUT2D eigenvalue weighted by atomic mass is 35.5. The van der Waals surface area contributed by atoms with E-state index in [-0.39, 0.29) is 11.7 Å². The molecule has 0 saturated heterocycles. The fourth-order valence-electron chi connectivity index (χ4n) is 2.86. The summed E-state index contributed by atoms with van der Waals surface area (Å²) in [5.74, 6) is 1.46. The summed E-state index contributed by atoms with van der Waals surface area (Å²) in [6.45, 7) is 0.517. The number of carbonyl (C=O) groups is 1. The number of amides is 1. The van der Waals surface area contributed by atoms with Gasteiger partial charge in [-0.3, -0.25) is 9.20 Å². The van der Waals surface area contributed by atoms with Crippen molar-refractivity contribution in [2.45, 2.75) is 12.8 Å². The molecule has 0 aliphatic heterocycles. The molecule has 0 aliphatic rings. The summed E-state index contributed by atoms with van der Waals surface area (Å²) in [5.41, 5.74) is 1.58. The van der Waals surface area contributed by atoms with E-state index in [1.165, 1.54) is 0 Å². The molecule has 7 heteroatoms. The van der Waals surface area contributed by atoms with Crippen LogP contribution in [0.5, 0.6) is 0 Å². The predicted octanol–water partition coefficient (Wildman–Crippen LogP) is 4.01. The van der Waals surface area contributed by atoms with Gasteiger partial charge in [0.15, 0.2) is 11.4 Å². The molecule has 0 unspecified atom stereocenters. The number of aryl methyl sites for hydroxylation is 1. The van der Waals surface area contributed by atoms with Crippen LogP contribution in [-0.2, 0) is 6.42 Å². The predicted molar refractivity (Wildman–Crippen MR) is 103 cm³/mol. The largest absolute Gasteiger partial charge is 0.451 e. The number of hydrogen-bond donors (Lipinski definition) is 1. The SMILES string of the molecule is O=C(NCCCc1nnc2ccccn12)c1ccc(-c2ccccc2Cl)o1.